The van der Waals surface area contributed by atoms with Crippen molar-refractivity contribution < 1.29 is 0 Å². The van der Waals surface area contributed by atoms with Crippen LogP contribution in [0, 0.1) is 5.92 Å². The summed E-state index contributed by atoms with van der Waals surface area (Å²) in [6.07, 6.45) is 3.81. The highest BCUT2D eigenvalue weighted by atomic mass is 16.1. The maximum absolute atomic E-state index is 11.8. The molecule has 3 N–H and O–H groups in total. The Hall–Kier alpha value is -1.36. The van der Waals surface area contributed by atoms with Gasteiger partial charge >= 0.3 is 0 Å². The first-order chi connectivity index (χ1) is 8.21. The van der Waals surface area contributed by atoms with Gasteiger partial charge < -0.3 is 11.1 Å². The lowest BCUT2D eigenvalue weighted by atomic mass is 10.0. The Morgan fingerprint density at radius 1 is 1.47 bits per heavy atom. The van der Waals surface area contributed by atoms with E-state index in [1.807, 2.05) is 0 Å². The van der Waals surface area contributed by atoms with Crippen molar-refractivity contribution in [3.8, 4) is 0 Å². The summed E-state index contributed by atoms with van der Waals surface area (Å²) in [6, 6.07) is 1.57. The van der Waals surface area contributed by atoms with Crippen molar-refractivity contribution in [1.82, 2.24) is 9.78 Å². The Kier molecular flexibility index (Phi) is 5.69. The quantitative estimate of drug-likeness (QED) is 0.744. The highest BCUT2D eigenvalue weighted by molar-refractivity contribution is 5.38. The van der Waals surface area contributed by atoms with E-state index in [0.717, 1.165) is 18.5 Å². The molecule has 0 saturated carbocycles. The Morgan fingerprint density at radius 2 is 2.18 bits per heavy atom. The van der Waals surface area contributed by atoms with E-state index in [2.05, 4.69) is 24.3 Å². The van der Waals surface area contributed by atoms with Crippen LogP contribution >= 0.6 is 0 Å². The lowest BCUT2D eigenvalue weighted by Crippen LogP contribution is -2.26. The minimum atomic E-state index is -0.0566. The van der Waals surface area contributed by atoms with Crippen molar-refractivity contribution >= 4 is 5.69 Å². The van der Waals surface area contributed by atoms with Crippen LogP contribution in [0.15, 0.2) is 17.1 Å². The second kappa shape index (κ2) is 7.06. The van der Waals surface area contributed by atoms with Gasteiger partial charge in [0.1, 0.15) is 0 Å². The van der Waals surface area contributed by atoms with Crippen molar-refractivity contribution in [2.45, 2.75) is 33.2 Å². The standard InChI is InChI=1S/C12H22N4O/c1-3-10(4-2)9-16-12(17)7-11(8-15-16)14-6-5-13/h7-8,10,14H,3-6,9,13H2,1-2H3. The summed E-state index contributed by atoms with van der Waals surface area (Å²) in [5.74, 6) is 0.517. The zero-order valence-corrected chi connectivity index (χ0v) is 10.6. The number of hydrogen-bond donors (Lipinski definition) is 2. The van der Waals surface area contributed by atoms with Gasteiger partial charge in [-0.2, -0.15) is 5.10 Å². The predicted molar refractivity (Wildman–Crippen MR) is 70.1 cm³/mol. The number of nitrogens with zero attached hydrogens (tertiary/aromatic N) is 2. The molecule has 0 aliphatic rings. The van der Waals surface area contributed by atoms with E-state index in [9.17, 15) is 4.79 Å². The third-order valence-electron chi connectivity index (χ3n) is 2.93. The highest BCUT2D eigenvalue weighted by Crippen LogP contribution is 2.09. The van der Waals surface area contributed by atoms with E-state index in [4.69, 9.17) is 5.73 Å². The Bertz CT molecular complexity index is 384. The molecule has 1 aromatic rings. The van der Waals surface area contributed by atoms with Gasteiger partial charge in [0.25, 0.3) is 5.56 Å². The van der Waals surface area contributed by atoms with Crippen LogP contribution in [-0.4, -0.2) is 22.9 Å². The van der Waals surface area contributed by atoms with Gasteiger partial charge in [-0.15, -0.1) is 0 Å². The summed E-state index contributed by atoms with van der Waals surface area (Å²) < 4.78 is 1.53. The highest BCUT2D eigenvalue weighted by Gasteiger charge is 2.07. The van der Waals surface area contributed by atoms with Gasteiger partial charge in [0.15, 0.2) is 0 Å². The lowest BCUT2D eigenvalue weighted by Gasteiger charge is -2.13. The van der Waals surface area contributed by atoms with Gasteiger partial charge in [-0.3, -0.25) is 4.79 Å². The second-order valence-electron chi connectivity index (χ2n) is 4.16. The van der Waals surface area contributed by atoms with Crippen molar-refractivity contribution in [3.05, 3.63) is 22.6 Å². The molecule has 0 aliphatic carbocycles. The minimum Gasteiger partial charge on any atom is -0.382 e. The topological polar surface area (TPSA) is 72.9 Å². The summed E-state index contributed by atoms with van der Waals surface area (Å²) in [5.41, 5.74) is 6.06. The summed E-state index contributed by atoms with van der Waals surface area (Å²) in [4.78, 5) is 11.8. The predicted octanol–water partition coefficient (Wildman–Crippen LogP) is 1.05. The van der Waals surface area contributed by atoms with Gasteiger partial charge in [-0.25, -0.2) is 4.68 Å². The maximum Gasteiger partial charge on any atom is 0.268 e. The monoisotopic (exact) mass is 238 g/mol. The van der Waals surface area contributed by atoms with Gasteiger partial charge in [-0.05, 0) is 5.92 Å². The minimum absolute atomic E-state index is 0.0566. The number of hydrogen-bond acceptors (Lipinski definition) is 4. The molecule has 5 heteroatoms. The average molecular weight is 238 g/mol. The molecule has 0 spiro atoms. The molecule has 0 radical (unpaired) electrons. The van der Waals surface area contributed by atoms with E-state index >= 15 is 0 Å². The molecule has 0 atom stereocenters. The molecule has 5 nitrogen and oxygen atoms in total. The van der Waals surface area contributed by atoms with Crippen LogP contribution < -0.4 is 16.6 Å². The summed E-state index contributed by atoms with van der Waals surface area (Å²) >= 11 is 0. The zero-order valence-electron chi connectivity index (χ0n) is 10.6. The molecular weight excluding hydrogens is 216 g/mol. The maximum atomic E-state index is 11.8. The van der Waals surface area contributed by atoms with Gasteiger partial charge in [0.05, 0.1) is 11.9 Å². The van der Waals surface area contributed by atoms with Gasteiger partial charge in [0.2, 0.25) is 0 Å². The summed E-state index contributed by atoms with van der Waals surface area (Å²) in [5, 5.41) is 7.21. The molecular formula is C12H22N4O. The van der Waals surface area contributed by atoms with Crippen LogP contribution in [0.25, 0.3) is 0 Å². The third-order valence-corrected chi connectivity index (χ3v) is 2.93. The third kappa shape index (κ3) is 4.19. The van der Waals surface area contributed by atoms with Crippen LogP contribution in [0.2, 0.25) is 0 Å². The SMILES string of the molecule is CCC(CC)Cn1ncc(NCCN)cc1=O. The molecule has 1 aromatic heterocycles. The van der Waals surface area contributed by atoms with E-state index in [1.165, 1.54) is 4.68 Å². The van der Waals surface area contributed by atoms with Crippen molar-refractivity contribution in [2.24, 2.45) is 11.7 Å². The van der Waals surface area contributed by atoms with E-state index < -0.39 is 0 Å². The smallest absolute Gasteiger partial charge is 0.268 e. The van der Waals surface area contributed by atoms with Crippen molar-refractivity contribution in [3.63, 3.8) is 0 Å². The molecule has 17 heavy (non-hydrogen) atoms. The first-order valence-electron chi connectivity index (χ1n) is 6.22. The number of anilines is 1. The van der Waals surface area contributed by atoms with E-state index in [-0.39, 0.29) is 5.56 Å². The second-order valence-corrected chi connectivity index (χ2v) is 4.16. The fraction of sp³-hybridized carbons (Fsp3) is 0.667. The molecule has 0 bridgehead atoms. The lowest BCUT2D eigenvalue weighted by molar-refractivity contribution is 0.385. The molecule has 0 aliphatic heterocycles. The van der Waals surface area contributed by atoms with E-state index in [1.54, 1.807) is 12.3 Å². The van der Waals surface area contributed by atoms with E-state index in [0.29, 0.717) is 25.6 Å². The fourth-order valence-corrected chi connectivity index (χ4v) is 1.68. The molecule has 0 saturated heterocycles. The summed E-state index contributed by atoms with van der Waals surface area (Å²) in [6.45, 7) is 6.16. The number of aromatic nitrogens is 2. The van der Waals surface area contributed by atoms with Crippen LogP contribution in [0.3, 0.4) is 0 Å². The molecule has 1 heterocycles. The summed E-state index contributed by atoms with van der Waals surface area (Å²) in [7, 11) is 0. The van der Waals surface area contributed by atoms with Gasteiger partial charge in [-0.1, -0.05) is 26.7 Å². The Balaban J connectivity index is 2.72. The van der Waals surface area contributed by atoms with Crippen molar-refractivity contribution in [1.29, 1.82) is 0 Å². The van der Waals surface area contributed by atoms with Crippen LogP contribution in [0.1, 0.15) is 26.7 Å². The molecule has 96 valence electrons. The molecule has 1 rings (SSSR count). The Morgan fingerprint density at radius 3 is 2.71 bits per heavy atom. The van der Waals surface area contributed by atoms with Crippen molar-refractivity contribution in [2.75, 3.05) is 18.4 Å². The molecule has 0 amide bonds. The van der Waals surface area contributed by atoms with Crippen LogP contribution in [0.5, 0.6) is 0 Å². The first kappa shape index (κ1) is 13.7. The molecule has 0 aromatic carbocycles. The molecule has 0 unspecified atom stereocenters. The average Bonchev–Trinajstić information content (AvgIpc) is 2.35. The number of nitrogens with two attached hydrogens (primary N) is 1. The fourth-order valence-electron chi connectivity index (χ4n) is 1.68. The first-order valence-corrected chi connectivity index (χ1v) is 6.22. The normalized spacial score (nSPS) is 10.8. The van der Waals surface area contributed by atoms with Gasteiger partial charge in [0, 0.05) is 25.7 Å². The zero-order chi connectivity index (χ0) is 12.7. The Labute approximate surface area is 102 Å². The van der Waals surface area contributed by atoms with Crippen LogP contribution in [0.4, 0.5) is 5.69 Å². The van der Waals surface area contributed by atoms with Crippen LogP contribution in [-0.2, 0) is 6.54 Å². The number of nitrogens with one attached hydrogen (secondary N) is 1. The largest absolute Gasteiger partial charge is 0.382 e. The number of rotatable bonds is 7. The molecule has 0 fully saturated rings.